The molecule has 2 rings (SSSR count). The van der Waals surface area contributed by atoms with Gasteiger partial charge in [0.15, 0.2) is 17.3 Å². The highest BCUT2D eigenvalue weighted by Gasteiger charge is 2.11. The van der Waals surface area contributed by atoms with E-state index in [1.54, 1.807) is 0 Å². The van der Waals surface area contributed by atoms with E-state index in [4.69, 9.17) is 22.1 Å². The molecular formula is C12H7BrClF2NO. The summed E-state index contributed by atoms with van der Waals surface area (Å²) in [6.45, 7) is 0. The Morgan fingerprint density at radius 3 is 2.50 bits per heavy atom. The van der Waals surface area contributed by atoms with E-state index in [-0.39, 0.29) is 22.2 Å². The average molecular weight is 335 g/mol. The van der Waals surface area contributed by atoms with Gasteiger partial charge in [0.2, 0.25) is 0 Å². The molecule has 2 aromatic carbocycles. The van der Waals surface area contributed by atoms with Gasteiger partial charge in [-0.05, 0) is 24.3 Å². The van der Waals surface area contributed by atoms with E-state index in [0.717, 1.165) is 6.07 Å². The molecule has 0 heterocycles. The Bertz CT molecular complexity index is 607. The van der Waals surface area contributed by atoms with Gasteiger partial charge in [-0.2, -0.15) is 0 Å². The maximum atomic E-state index is 13.5. The van der Waals surface area contributed by atoms with Crippen molar-refractivity contribution in [3.63, 3.8) is 0 Å². The maximum Gasteiger partial charge on any atom is 0.165 e. The summed E-state index contributed by atoms with van der Waals surface area (Å²) in [4.78, 5) is 0. The van der Waals surface area contributed by atoms with Gasteiger partial charge in [-0.1, -0.05) is 27.5 Å². The van der Waals surface area contributed by atoms with Crippen LogP contribution < -0.4 is 10.5 Å². The molecule has 2 N–H and O–H groups in total. The summed E-state index contributed by atoms with van der Waals surface area (Å²) in [7, 11) is 0. The van der Waals surface area contributed by atoms with Gasteiger partial charge in [0.25, 0.3) is 0 Å². The Morgan fingerprint density at radius 1 is 1.06 bits per heavy atom. The van der Waals surface area contributed by atoms with Gasteiger partial charge < -0.3 is 10.5 Å². The average Bonchev–Trinajstić information content (AvgIpc) is 2.30. The molecule has 0 bridgehead atoms. The third-order valence-electron chi connectivity index (χ3n) is 2.17. The fraction of sp³-hybridized carbons (Fsp3) is 0. The fourth-order valence-corrected chi connectivity index (χ4v) is 1.82. The summed E-state index contributed by atoms with van der Waals surface area (Å²) >= 11 is 8.73. The van der Waals surface area contributed by atoms with Crippen LogP contribution in [0, 0.1) is 11.6 Å². The van der Waals surface area contributed by atoms with Crippen molar-refractivity contribution in [3.05, 3.63) is 51.5 Å². The van der Waals surface area contributed by atoms with Crippen LogP contribution >= 0.6 is 27.5 Å². The molecule has 0 aliphatic heterocycles. The molecule has 0 amide bonds. The molecule has 18 heavy (non-hydrogen) atoms. The van der Waals surface area contributed by atoms with E-state index in [0.29, 0.717) is 4.47 Å². The minimum Gasteiger partial charge on any atom is -0.452 e. The second-order valence-corrected chi connectivity index (χ2v) is 4.80. The number of benzene rings is 2. The molecule has 94 valence electrons. The Balaban J connectivity index is 2.40. The standard InChI is InChI=1S/C12H7BrClF2NO/c13-6-1-2-8(15)11(3-6)18-12-5-9(16)7(14)4-10(12)17/h1-5H,17H2. The van der Waals surface area contributed by atoms with Crippen molar-refractivity contribution < 1.29 is 13.5 Å². The predicted octanol–water partition coefficient (Wildman–Crippen LogP) is 4.76. The van der Waals surface area contributed by atoms with E-state index in [1.165, 1.54) is 24.3 Å². The van der Waals surface area contributed by atoms with Crippen LogP contribution in [0.5, 0.6) is 11.5 Å². The van der Waals surface area contributed by atoms with Gasteiger partial charge in [-0.25, -0.2) is 8.78 Å². The first kappa shape index (κ1) is 13.1. The van der Waals surface area contributed by atoms with Crippen LogP contribution in [0.3, 0.4) is 0 Å². The highest BCUT2D eigenvalue weighted by atomic mass is 79.9. The lowest BCUT2D eigenvalue weighted by Gasteiger charge is -2.10. The number of ether oxygens (including phenoxy) is 1. The molecule has 6 heteroatoms. The highest BCUT2D eigenvalue weighted by Crippen LogP contribution is 2.33. The van der Waals surface area contributed by atoms with E-state index in [9.17, 15) is 8.78 Å². The lowest BCUT2D eigenvalue weighted by molar-refractivity contribution is 0.440. The molecule has 0 unspecified atom stereocenters. The van der Waals surface area contributed by atoms with Gasteiger partial charge in [0.05, 0.1) is 10.7 Å². The van der Waals surface area contributed by atoms with Crippen LogP contribution in [0.1, 0.15) is 0 Å². The second kappa shape index (κ2) is 5.12. The van der Waals surface area contributed by atoms with Crippen molar-refractivity contribution in [2.75, 3.05) is 5.73 Å². The monoisotopic (exact) mass is 333 g/mol. The predicted molar refractivity (Wildman–Crippen MR) is 70.0 cm³/mol. The molecule has 0 atom stereocenters. The number of nitrogen functional groups attached to an aromatic ring is 1. The fourth-order valence-electron chi connectivity index (χ4n) is 1.31. The number of hydrogen-bond donors (Lipinski definition) is 1. The van der Waals surface area contributed by atoms with Crippen LogP contribution in [0.4, 0.5) is 14.5 Å². The third-order valence-corrected chi connectivity index (χ3v) is 2.95. The van der Waals surface area contributed by atoms with E-state index in [2.05, 4.69) is 15.9 Å². The van der Waals surface area contributed by atoms with Crippen molar-refractivity contribution >= 4 is 33.2 Å². The molecule has 0 saturated heterocycles. The highest BCUT2D eigenvalue weighted by molar-refractivity contribution is 9.10. The first-order valence-electron chi connectivity index (χ1n) is 4.85. The van der Waals surface area contributed by atoms with Gasteiger partial charge in [-0.3, -0.25) is 0 Å². The molecular weight excluding hydrogens is 327 g/mol. The molecule has 0 spiro atoms. The van der Waals surface area contributed by atoms with Crippen molar-refractivity contribution in [3.8, 4) is 11.5 Å². The first-order valence-corrected chi connectivity index (χ1v) is 6.02. The molecule has 0 fully saturated rings. The van der Waals surface area contributed by atoms with E-state index in [1.807, 2.05) is 0 Å². The minimum atomic E-state index is -0.684. The molecule has 2 nitrogen and oxygen atoms in total. The number of nitrogens with two attached hydrogens (primary N) is 1. The Morgan fingerprint density at radius 2 is 1.78 bits per heavy atom. The van der Waals surface area contributed by atoms with Gasteiger partial charge >= 0.3 is 0 Å². The summed E-state index contributed by atoms with van der Waals surface area (Å²) in [5, 5.41) is -0.116. The summed E-state index contributed by atoms with van der Waals surface area (Å²) in [5.74, 6) is -1.31. The molecule has 0 aliphatic carbocycles. The first-order chi connectivity index (χ1) is 8.47. The van der Waals surface area contributed by atoms with E-state index < -0.39 is 11.6 Å². The lowest BCUT2D eigenvalue weighted by Crippen LogP contribution is -1.95. The van der Waals surface area contributed by atoms with Gasteiger partial charge in [0.1, 0.15) is 5.82 Å². The number of hydrogen-bond acceptors (Lipinski definition) is 2. The van der Waals surface area contributed by atoms with Crippen molar-refractivity contribution in [2.24, 2.45) is 0 Å². The SMILES string of the molecule is Nc1cc(Cl)c(F)cc1Oc1cc(Br)ccc1F. The largest absolute Gasteiger partial charge is 0.452 e. The zero-order valence-corrected chi connectivity index (χ0v) is 11.2. The molecule has 0 saturated carbocycles. The zero-order chi connectivity index (χ0) is 13.3. The van der Waals surface area contributed by atoms with Crippen LogP contribution in [-0.2, 0) is 0 Å². The molecule has 0 aromatic heterocycles. The second-order valence-electron chi connectivity index (χ2n) is 3.48. The summed E-state index contributed by atoms with van der Waals surface area (Å²) in [6.07, 6.45) is 0. The summed E-state index contributed by atoms with van der Waals surface area (Å²) < 4.78 is 32.6. The topological polar surface area (TPSA) is 35.2 Å². The normalized spacial score (nSPS) is 10.4. The third kappa shape index (κ3) is 2.73. The molecule has 0 radical (unpaired) electrons. The lowest BCUT2D eigenvalue weighted by atomic mass is 10.3. The minimum absolute atomic E-state index is 0.00824. The number of rotatable bonds is 2. The van der Waals surface area contributed by atoms with Gasteiger partial charge in [-0.15, -0.1) is 0 Å². The van der Waals surface area contributed by atoms with Crippen LogP contribution in [0.25, 0.3) is 0 Å². The van der Waals surface area contributed by atoms with Crippen molar-refractivity contribution in [1.29, 1.82) is 0 Å². The quantitative estimate of drug-likeness (QED) is 0.804. The van der Waals surface area contributed by atoms with Crippen molar-refractivity contribution in [2.45, 2.75) is 0 Å². The smallest absolute Gasteiger partial charge is 0.165 e. The summed E-state index contributed by atoms with van der Waals surface area (Å²) in [5.41, 5.74) is 5.74. The Kier molecular flexibility index (Phi) is 3.73. The molecule has 2 aromatic rings. The Labute approximate surface area is 115 Å². The maximum absolute atomic E-state index is 13.5. The summed E-state index contributed by atoms with van der Waals surface area (Å²) in [6, 6.07) is 6.39. The number of halogens is 4. The number of anilines is 1. The van der Waals surface area contributed by atoms with Crippen molar-refractivity contribution in [1.82, 2.24) is 0 Å². The van der Waals surface area contributed by atoms with E-state index >= 15 is 0 Å². The van der Waals surface area contributed by atoms with Crippen LogP contribution in [0.2, 0.25) is 5.02 Å². The Hall–Kier alpha value is -1.33. The zero-order valence-electron chi connectivity index (χ0n) is 8.88. The molecule has 0 aliphatic rings. The van der Waals surface area contributed by atoms with Gasteiger partial charge in [0, 0.05) is 10.5 Å². The van der Waals surface area contributed by atoms with Crippen LogP contribution in [-0.4, -0.2) is 0 Å². The van der Waals surface area contributed by atoms with Crippen LogP contribution in [0.15, 0.2) is 34.8 Å².